The lowest BCUT2D eigenvalue weighted by molar-refractivity contribution is 0.0605. The lowest BCUT2D eigenvalue weighted by Crippen LogP contribution is -2.21. The normalized spacial score (nSPS) is 11.4. The summed E-state index contributed by atoms with van der Waals surface area (Å²) in [4.78, 5) is 35.0. The zero-order chi connectivity index (χ0) is 20.5. The molecule has 0 bridgehead atoms. The maximum Gasteiger partial charge on any atom is 0.348 e. The van der Waals surface area contributed by atoms with Gasteiger partial charge in [0.25, 0.3) is 5.56 Å². The van der Waals surface area contributed by atoms with Crippen LogP contribution in [-0.4, -0.2) is 35.0 Å². The number of hydrogen-bond donors (Lipinski definition) is 1. The van der Waals surface area contributed by atoms with E-state index in [1.54, 1.807) is 6.92 Å². The van der Waals surface area contributed by atoms with Crippen molar-refractivity contribution in [3.63, 3.8) is 0 Å². The summed E-state index contributed by atoms with van der Waals surface area (Å²) in [7, 11) is 3.32. The van der Waals surface area contributed by atoms with E-state index in [0.717, 1.165) is 6.54 Å². The monoisotopic (exact) mass is 407 g/mol. The molecule has 0 aliphatic carbocycles. The van der Waals surface area contributed by atoms with Crippen LogP contribution >= 0.6 is 11.3 Å². The van der Waals surface area contributed by atoms with Crippen molar-refractivity contribution in [2.45, 2.75) is 20.0 Å². The number of carbonyl (C=O) groups is 1. The fourth-order valence-corrected chi connectivity index (χ4v) is 4.63. The Bertz CT molecular complexity index is 1280. The van der Waals surface area contributed by atoms with Gasteiger partial charge in [-0.25, -0.2) is 9.78 Å². The lowest BCUT2D eigenvalue weighted by Gasteiger charge is -2.16. The van der Waals surface area contributed by atoms with Crippen molar-refractivity contribution in [2.24, 2.45) is 0 Å². The molecule has 4 aromatic rings. The number of nitrogens with zero attached hydrogens (tertiary/aromatic N) is 2. The van der Waals surface area contributed by atoms with Crippen LogP contribution in [0.15, 0.2) is 47.3 Å². The SMILES string of the molecule is COC(=O)c1sc2nc(CN(C)Cc3ccc4ccccc4c3)[nH]c(=O)c2c1C. The van der Waals surface area contributed by atoms with Gasteiger partial charge in [-0.1, -0.05) is 36.4 Å². The summed E-state index contributed by atoms with van der Waals surface area (Å²) in [6, 6.07) is 14.7. The van der Waals surface area contributed by atoms with Gasteiger partial charge in [0.15, 0.2) is 0 Å². The molecule has 2 aromatic carbocycles. The number of rotatable bonds is 5. The highest BCUT2D eigenvalue weighted by molar-refractivity contribution is 7.20. The zero-order valence-electron chi connectivity index (χ0n) is 16.5. The molecule has 0 fully saturated rings. The molecule has 4 rings (SSSR count). The quantitative estimate of drug-likeness (QED) is 0.509. The van der Waals surface area contributed by atoms with Crippen LogP contribution < -0.4 is 5.56 Å². The topological polar surface area (TPSA) is 75.3 Å². The number of aryl methyl sites for hydroxylation is 1. The number of fused-ring (bicyclic) bond motifs is 2. The highest BCUT2D eigenvalue weighted by atomic mass is 32.1. The van der Waals surface area contributed by atoms with Gasteiger partial charge in [-0.15, -0.1) is 11.3 Å². The molecule has 0 saturated carbocycles. The van der Waals surface area contributed by atoms with Crippen molar-refractivity contribution in [1.29, 1.82) is 0 Å². The van der Waals surface area contributed by atoms with Gasteiger partial charge in [-0.2, -0.15) is 0 Å². The maximum absolute atomic E-state index is 12.6. The summed E-state index contributed by atoms with van der Waals surface area (Å²) in [6.07, 6.45) is 0. The highest BCUT2D eigenvalue weighted by Crippen LogP contribution is 2.27. The third-order valence-electron chi connectivity index (χ3n) is 4.91. The Kier molecular flexibility index (Phi) is 5.17. The van der Waals surface area contributed by atoms with Gasteiger partial charge in [0, 0.05) is 6.54 Å². The Morgan fingerprint density at radius 3 is 2.69 bits per heavy atom. The van der Waals surface area contributed by atoms with Gasteiger partial charge in [-0.05, 0) is 41.9 Å². The molecule has 0 spiro atoms. The molecule has 0 unspecified atom stereocenters. The van der Waals surface area contributed by atoms with Crippen LogP contribution in [0, 0.1) is 6.92 Å². The van der Waals surface area contributed by atoms with Crippen LogP contribution in [0.3, 0.4) is 0 Å². The molecular formula is C22H21N3O3S. The predicted octanol–water partition coefficient (Wildman–Crippen LogP) is 3.86. The highest BCUT2D eigenvalue weighted by Gasteiger charge is 2.20. The Hall–Kier alpha value is -3.03. The number of carbonyl (C=O) groups excluding carboxylic acids is 1. The molecule has 0 aliphatic rings. The second-order valence-corrected chi connectivity index (χ2v) is 8.09. The summed E-state index contributed by atoms with van der Waals surface area (Å²) < 4.78 is 4.80. The van der Waals surface area contributed by atoms with Gasteiger partial charge in [-0.3, -0.25) is 9.69 Å². The largest absolute Gasteiger partial charge is 0.465 e. The number of nitrogens with one attached hydrogen (secondary N) is 1. The number of aromatic nitrogens is 2. The summed E-state index contributed by atoms with van der Waals surface area (Å²) >= 11 is 1.19. The fraction of sp³-hybridized carbons (Fsp3) is 0.227. The van der Waals surface area contributed by atoms with Crippen LogP contribution in [0.4, 0.5) is 0 Å². The summed E-state index contributed by atoms with van der Waals surface area (Å²) in [6.45, 7) is 2.96. The first-order valence-corrected chi connectivity index (χ1v) is 10.0. The summed E-state index contributed by atoms with van der Waals surface area (Å²) in [5.74, 6) is 0.128. The fourth-order valence-electron chi connectivity index (χ4n) is 3.51. The number of methoxy groups -OCH3 is 1. The number of ether oxygens (including phenoxy) is 1. The molecule has 0 radical (unpaired) electrons. The Balaban J connectivity index is 1.57. The number of aromatic amines is 1. The molecule has 0 amide bonds. The van der Waals surface area contributed by atoms with Crippen LogP contribution in [-0.2, 0) is 17.8 Å². The second-order valence-electron chi connectivity index (χ2n) is 7.09. The van der Waals surface area contributed by atoms with Gasteiger partial charge >= 0.3 is 5.97 Å². The predicted molar refractivity (Wildman–Crippen MR) is 115 cm³/mol. The van der Waals surface area contributed by atoms with Crippen LogP contribution in [0.5, 0.6) is 0 Å². The van der Waals surface area contributed by atoms with Gasteiger partial charge < -0.3 is 9.72 Å². The molecule has 29 heavy (non-hydrogen) atoms. The third-order valence-corrected chi connectivity index (χ3v) is 6.07. The average molecular weight is 407 g/mol. The van der Waals surface area contributed by atoms with E-state index < -0.39 is 5.97 Å². The minimum atomic E-state index is -0.445. The van der Waals surface area contributed by atoms with Crippen LogP contribution in [0.1, 0.15) is 26.6 Å². The molecule has 0 atom stereocenters. The van der Waals surface area contributed by atoms with Gasteiger partial charge in [0.05, 0.1) is 19.0 Å². The van der Waals surface area contributed by atoms with Crippen molar-refractivity contribution in [1.82, 2.24) is 14.9 Å². The van der Waals surface area contributed by atoms with Crippen LogP contribution in [0.2, 0.25) is 0 Å². The molecule has 0 aliphatic heterocycles. The lowest BCUT2D eigenvalue weighted by atomic mass is 10.1. The Labute approximate surface area is 171 Å². The van der Waals surface area contributed by atoms with E-state index in [9.17, 15) is 9.59 Å². The van der Waals surface area contributed by atoms with E-state index in [2.05, 4.69) is 45.2 Å². The number of thiophene rings is 1. The van der Waals surface area contributed by atoms with Gasteiger partial charge in [0.2, 0.25) is 0 Å². The van der Waals surface area contributed by atoms with Crippen molar-refractivity contribution in [3.8, 4) is 0 Å². The van der Waals surface area contributed by atoms with Gasteiger partial charge in [0.1, 0.15) is 15.5 Å². The number of H-pyrrole nitrogens is 1. The van der Waals surface area contributed by atoms with Crippen molar-refractivity contribution in [3.05, 3.63) is 74.6 Å². The molecule has 2 aromatic heterocycles. The van der Waals surface area contributed by atoms with E-state index in [1.807, 2.05) is 19.2 Å². The van der Waals surface area contributed by atoms with Crippen LogP contribution in [0.25, 0.3) is 21.0 Å². The molecule has 7 heteroatoms. The van der Waals surface area contributed by atoms with Crippen molar-refractivity contribution in [2.75, 3.05) is 14.2 Å². The standard InChI is InChI=1S/C22H21N3O3S/c1-13-18-20(26)23-17(24-21(18)29-19(13)22(27)28-3)12-25(2)11-14-8-9-15-6-4-5-7-16(15)10-14/h4-10H,11-12H2,1-3H3,(H,23,24,26). The Morgan fingerprint density at radius 1 is 1.17 bits per heavy atom. The molecule has 0 saturated heterocycles. The molecule has 2 heterocycles. The maximum atomic E-state index is 12.6. The minimum absolute atomic E-state index is 0.229. The van der Waals surface area contributed by atoms with Crippen molar-refractivity contribution >= 4 is 38.3 Å². The first kappa shape index (κ1) is 19.3. The summed E-state index contributed by atoms with van der Waals surface area (Å²) in [5.41, 5.74) is 1.57. The molecule has 148 valence electrons. The van der Waals surface area contributed by atoms with E-state index in [1.165, 1.54) is 34.8 Å². The average Bonchev–Trinajstić information content (AvgIpc) is 3.04. The molecular weight excluding hydrogens is 386 g/mol. The second kappa shape index (κ2) is 7.77. The first-order valence-electron chi connectivity index (χ1n) is 9.23. The molecule has 6 nitrogen and oxygen atoms in total. The Morgan fingerprint density at radius 2 is 1.93 bits per heavy atom. The zero-order valence-corrected chi connectivity index (χ0v) is 17.3. The van der Waals surface area contributed by atoms with E-state index in [0.29, 0.717) is 33.0 Å². The smallest absolute Gasteiger partial charge is 0.348 e. The summed E-state index contributed by atoms with van der Waals surface area (Å²) in [5, 5.41) is 2.87. The third kappa shape index (κ3) is 3.79. The number of esters is 1. The minimum Gasteiger partial charge on any atom is -0.465 e. The number of hydrogen-bond acceptors (Lipinski definition) is 6. The molecule has 1 N–H and O–H groups in total. The first-order chi connectivity index (χ1) is 14.0. The number of benzene rings is 2. The van der Waals surface area contributed by atoms with E-state index in [-0.39, 0.29) is 5.56 Å². The van der Waals surface area contributed by atoms with E-state index in [4.69, 9.17) is 4.74 Å². The van der Waals surface area contributed by atoms with E-state index >= 15 is 0 Å². The van der Waals surface area contributed by atoms with Crippen molar-refractivity contribution < 1.29 is 9.53 Å².